The van der Waals surface area contributed by atoms with E-state index < -0.39 is 10.0 Å². The first kappa shape index (κ1) is 18.4. The van der Waals surface area contributed by atoms with Gasteiger partial charge < -0.3 is 14.8 Å². The highest BCUT2D eigenvalue weighted by Crippen LogP contribution is 2.36. The fraction of sp³-hybridized carbons (Fsp3) is 0.562. The number of carbonyl (C=O) groups excluding carboxylic acids is 1. The van der Waals surface area contributed by atoms with Gasteiger partial charge in [-0.2, -0.15) is 0 Å². The highest BCUT2D eigenvalue weighted by molar-refractivity contribution is 7.92. The number of hydrogen-bond donors (Lipinski definition) is 1. The van der Waals surface area contributed by atoms with Crippen molar-refractivity contribution in [2.45, 2.75) is 39.2 Å². The van der Waals surface area contributed by atoms with Crippen LogP contribution < -0.4 is 19.1 Å². The van der Waals surface area contributed by atoms with Crippen molar-refractivity contribution in [2.24, 2.45) is 0 Å². The number of sulfonamides is 1. The Morgan fingerprint density at radius 1 is 1.25 bits per heavy atom. The Bertz CT molecular complexity index is 710. The number of benzene rings is 1. The molecule has 1 aromatic carbocycles. The number of nitrogens with zero attached hydrogens (tertiary/aromatic N) is 1. The summed E-state index contributed by atoms with van der Waals surface area (Å²) in [6.45, 7) is 6.06. The van der Waals surface area contributed by atoms with E-state index >= 15 is 0 Å². The van der Waals surface area contributed by atoms with Crippen LogP contribution >= 0.6 is 0 Å². The van der Waals surface area contributed by atoms with Crippen molar-refractivity contribution in [1.82, 2.24) is 5.32 Å². The summed E-state index contributed by atoms with van der Waals surface area (Å²) in [7, 11) is -3.46. The molecule has 0 atom stereocenters. The molecule has 1 heterocycles. The third kappa shape index (κ3) is 5.02. The van der Waals surface area contributed by atoms with Gasteiger partial charge in [-0.05, 0) is 39.3 Å². The molecule has 134 valence electrons. The first-order chi connectivity index (χ1) is 11.1. The van der Waals surface area contributed by atoms with Crippen LogP contribution in [-0.4, -0.2) is 39.5 Å². The highest BCUT2D eigenvalue weighted by atomic mass is 32.2. The summed E-state index contributed by atoms with van der Waals surface area (Å²) in [6, 6.07) is 4.99. The van der Waals surface area contributed by atoms with Crippen molar-refractivity contribution >= 4 is 21.6 Å². The van der Waals surface area contributed by atoms with Crippen molar-refractivity contribution in [3.8, 4) is 11.5 Å². The van der Waals surface area contributed by atoms with Crippen molar-refractivity contribution in [2.75, 3.05) is 23.9 Å². The fourth-order valence-electron chi connectivity index (χ4n) is 2.39. The van der Waals surface area contributed by atoms with Gasteiger partial charge in [0.05, 0.1) is 11.9 Å². The number of fused-ring (bicyclic) bond motifs is 1. The normalized spacial score (nSPS) is 13.7. The summed E-state index contributed by atoms with van der Waals surface area (Å²) in [5.74, 6) is 1.02. The molecule has 0 fully saturated rings. The van der Waals surface area contributed by atoms with E-state index in [1.807, 2.05) is 20.8 Å². The molecular weight excluding hydrogens is 332 g/mol. The molecule has 7 nitrogen and oxygen atoms in total. The molecular formula is C16H24N2O5S. The van der Waals surface area contributed by atoms with Gasteiger partial charge in [0, 0.05) is 24.6 Å². The first-order valence-electron chi connectivity index (χ1n) is 7.75. The molecule has 0 aromatic heterocycles. The summed E-state index contributed by atoms with van der Waals surface area (Å²) in [4.78, 5) is 11.9. The average Bonchev–Trinajstić information content (AvgIpc) is 2.87. The zero-order chi connectivity index (χ0) is 18.0. The van der Waals surface area contributed by atoms with E-state index in [0.29, 0.717) is 23.6 Å². The number of amides is 1. The molecule has 1 aliphatic heterocycles. The topological polar surface area (TPSA) is 84.9 Å². The van der Waals surface area contributed by atoms with Crippen molar-refractivity contribution in [3.63, 3.8) is 0 Å². The zero-order valence-electron chi connectivity index (χ0n) is 14.5. The van der Waals surface area contributed by atoms with Crippen LogP contribution in [0.2, 0.25) is 0 Å². The Balaban J connectivity index is 2.04. The molecule has 8 heteroatoms. The monoisotopic (exact) mass is 356 g/mol. The molecule has 0 aliphatic carbocycles. The Morgan fingerprint density at radius 2 is 1.92 bits per heavy atom. The van der Waals surface area contributed by atoms with Gasteiger partial charge >= 0.3 is 0 Å². The van der Waals surface area contributed by atoms with E-state index in [1.165, 1.54) is 4.31 Å². The van der Waals surface area contributed by atoms with Gasteiger partial charge in [-0.1, -0.05) is 0 Å². The minimum atomic E-state index is -3.46. The maximum Gasteiger partial charge on any atom is 0.232 e. The number of rotatable bonds is 6. The molecule has 0 bridgehead atoms. The van der Waals surface area contributed by atoms with Gasteiger partial charge in [0.25, 0.3) is 0 Å². The number of carbonyl (C=O) groups is 1. The van der Waals surface area contributed by atoms with Gasteiger partial charge in [0.15, 0.2) is 11.5 Å². The van der Waals surface area contributed by atoms with Crippen LogP contribution in [0.3, 0.4) is 0 Å². The third-order valence-corrected chi connectivity index (χ3v) is 4.52. The van der Waals surface area contributed by atoms with Gasteiger partial charge in [-0.15, -0.1) is 0 Å². The quantitative estimate of drug-likeness (QED) is 0.841. The SMILES string of the molecule is CC(C)(C)NC(=O)CCCN(c1ccc2c(c1)OCO2)S(C)(=O)=O. The first-order valence-corrected chi connectivity index (χ1v) is 9.59. The minimum Gasteiger partial charge on any atom is -0.454 e. The molecule has 2 rings (SSSR count). The van der Waals surface area contributed by atoms with E-state index in [1.54, 1.807) is 18.2 Å². The summed E-state index contributed by atoms with van der Waals surface area (Å²) < 4.78 is 36.0. The Morgan fingerprint density at radius 3 is 2.54 bits per heavy atom. The molecule has 1 amide bonds. The van der Waals surface area contributed by atoms with Crippen LogP contribution in [-0.2, 0) is 14.8 Å². The second kappa shape index (κ2) is 6.88. The Labute approximate surface area is 143 Å². The molecule has 0 saturated carbocycles. The number of nitrogens with one attached hydrogen (secondary N) is 1. The lowest BCUT2D eigenvalue weighted by Crippen LogP contribution is -2.41. The van der Waals surface area contributed by atoms with E-state index in [4.69, 9.17) is 9.47 Å². The van der Waals surface area contributed by atoms with Crippen LogP contribution in [0.25, 0.3) is 0 Å². The van der Waals surface area contributed by atoms with Gasteiger partial charge in [-0.25, -0.2) is 8.42 Å². The van der Waals surface area contributed by atoms with Crippen molar-refractivity contribution in [3.05, 3.63) is 18.2 Å². The lowest BCUT2D eigenvalue weighted by Gasteiger charge is -2.23. The molecule has 0 spiro atoms. The lowest BCUT2D eigenvalue weighted by molar-refractivity contribution is -0.122. The third-order valence-electron chi connectivity index (χ3n) is 3.32. The number of ether oxygens (including phenoxy) is 2. The van der Waals surface area contributed by atoms with Gasteiger partial charge in [0.2, 0.25) is 22.7 Å². The van der Waals surface area contributed by atoms with E-state index in [0.717, 1.165) is 6.26 Å². The molecule has 0 saturated heterocycles. The summed E-state index contributed by atoms with van der Waals surface area (Å²) in [6.07, 6.45) is 1.82. The highest BCUT2D eigenvalue weighted by Gasteiger charge is 2.22. The Kier molecular flexibility index (Phi) is 5.27. The van der Waals surface area contributed by atoms with E-state index in [2.05, 4.69) is 5.32 Å². The molecule has 1 N–H and O–H groups in total. The average molecular weight is 356 g/mol. The van der Waals surface area contributed by atoms with Crippen molar-refractivity contribution < 1.29 is 22.7 Å². The second-order valence-corrected chi connectivity index (χ2v) is 8.68. The van der Waals surface area contributed by atoms with Crippen molar-refractivity contribution in [1.29, 1.82) is 0 Å². The van der Waals surface area contributed by atoms with E-state index in [-0.39, 0.29) is 31.2 Å². The summed E-state index contributed by atoms with van der Waals surface area (Å²) in [5.41, 5.74) is 0.197. The molecule has 1 aliphatic rings. The van der Waals surface area contributed by atoms with E-state index in [9.17, 15) is 13.2 Å². The smallest absolute Gasteiger partial charge is 0.232 e. The largest absolute Gasteiger partial charge is 0.454 e. The molecule has 0 radical (unpaired) electrons. The lowest BCUT2D eigenvalue weighted by atomic mass is 10.1. The molecule has 0 unspecified atom stereocenters. The zero-order valence-corrected chi connectivity index (χ0v) is 15.3. The summed E-state index contributed by atoms with van der Waals surface area (Å²) in [5, 5.41) is 2.86. The maximum absolute atomic E-state index is 12.1. The van der Waals surface area contributed by atoms with Gasteiger partial charge in [0.1, 0.15) is 0 Å². The van der Waals surface area contributed by atoms with Crippen LogP contribution in [0.4, 0.5) is 5.69 Å². The molecule has 24 heavy (non-hydrogen) atoms. The predicted octanol–water partition coefficient (Wildman–Crippen LogP) is 1.88. The van der Waals surface area contributed by atoms with Gasteiger partial charge in [-0.3, -0.25) is 9.10 Å². The molecule has 1 aromatic rings. The summed E-state index contributed by atoms with van der Waals surface area (Å²) >= 11 is 0. The van der Waals surface area contributed by atoms with Crippen LogP contribution in [0.1, 0.15) is 33.6 Å². The van der Waals surface area contributed by atoms with Crippen LogP contribution in [0, 0.1) is 0 Å². The number of hydrogen-bond acceptors (Lipinski definition) is 5. The number of anilines is 1. The Hall–Kier alpha value is -1.96. The van der Waals surface area contributed by atoms with Crippen LogP contribution in [0.15, 0.2) is 18.2 Å². The fourth-order valence-corrected chi connectivity index (χ4v) is 3.35. The predicted molar refractivity (Wildman–Crippen MR) is 91.9 cm³/mol. The maximum atomic E-state index is 12.1. The van der Waals surface area contributed by atoms with Crippen LogP contribution in [0.5, 0.6) is 11.5 Å². The standard InChI is InChI=1S/C16H24N2O5S/c1-16(2,3)17-15(19)6-5-9-18(24(4,20)21)12-7-8-13-14(10-12)23-11-22-13/h7-8,10H,5-6,9,11H2,1-4H3,(H,17,19). The minimum absolute atomic E-state index is 0.0957. The second-order valence-electron chi connectivity index (χ2n) is 6.77.